The Bertz CT molecular complexity index is 793. The van der Waals surface area contributed by atoms with Gasteiger partial charge in [0.2, 0.25) is 5.91 Å². The maximum absolute atomic E-state index is 13.8. The van der Waals surface area contributed by atoms with E-state index < -0.39 is 17.8 Å². The molecule has 0 spiro atoms. The molecule has 4 nitrogen and oxygen atoms in total. The van der Waals surface area contributed by atoms with E-state index in [1.165, 1.54) is 18.2 Å². The number of halogens is 2. The quantitative estimate of drug-likeness (QED) is 0.838. The summed E-state index contributed by atoms with van der Waals surface area (Å²) in [6.07, 6.45) is 0. The summed E-state index contributed by atoms with van der Waals surface area (Å²) in [5.41, 5.74) is 1.21. The molecule has 0 fully saturated rings. The summed E-state index contributed by atoms with van der Waals surface area (Å²) in [7, 11) is 0. The first-order valence-electron chi connectivity index (χ1n) is 7.92. The van der Waals surface area contributed by atoms with E-state index in [0.29, 0.717) is 10.7 Å². The molecule has 2 aromatic rings. The minimum absolute atomic E-state index is 0.0973. The Morgan fingerprint density at radius 3 is 2.40 bits per heavy atom. The van der Waals surface area contributed by atoms with Gasteiger partial charge in [-0.2, -0.15) is 0 Å². The maximum atomic E-state index is 13.8. The molecule has 0 aliphatic heterocycles. The molecular weight excluding hydrogens is 343 g/mol. The van der Waals surface area contributed by atoms with Gasteiger partial charge in [-0.3, -0.25) is 9.59 Å². The fourth-order valence-corrected chi connectivity index (χ4v) is 2.53. The molecule has 0 aliphatic rings. The lowest BCUT2D eigenvalue weighted by molar-refractivity contribution is -0.118. The lowest BCUT2D eigenvalue weighted by atomic mass is 10.0. The van der Waals surface area contributed by atoms with Crippen LogP contribution in [0.2, 0.25) is 5.02 Å². The molecule has 0 saturated heterocycles. The van der Waals surface area contributed by atoms with E-state index in [-0.39, 0.29) is 17.4 Å². The lowest BCUT2D eigenvalue weighted by Gasteiger charge is -2.22. The summed E-state index contributed by atoms with van der Waals surface area (Å²) in [6.45, 7) is 5.40. The van der Waals surface area contributed by atoms with Crippen molar-refractivity contribution in [3.63, 3.8) is 0 Å². The van der Waals surface area contributed by atoms with Crippen molar-refractivity contribution in [1.82, 2.24) is 5.32 Å². The minimum Gasteiger partial charge on any atom is -0.340 e. The van der Waals surface area contributed by atoms with Crippen LogP contribution in [-0.2, 0) is 4.79 Å². The number of anilines is 1. The van der Waals surface area contributed by atoms with E-state index in [1.807, 2.05) is 0 Å². The van der Waals surface area contributed by atoms with Gasteiger partial charge in [-0.05, 0) is 42.7 Å². The molecule has 2 amide bonds. The van der Waals surface area contributed by atoms with Crippen molar-refractivity contribution in [2.45, 2.75) is 26.8 Å². The Balaban J connectivity index is 2.17. The number of nitrogens with one attached hydrogen (secondary N) is 2. The van der Waals surface area contributed by atoms with E-state index in [9.17, 15) is 14.0 Å². The topological polar surface area (TPSA) is 58.2 Å². The first-order valence-corrected chi connectivity index (χ1v) is 8.30. The number of hydrogen-bond acceptors (Lipinski definition) is 2. The van der Waals surface area contributed by atoms with Gasteiger partial charge in [-0.1, -0.05) is 43.6 Å². The minimum atomic E-state index is -0.814. The Hall–Kier alpha value is -2.40. The monoisotopic (exact) mass is 362 g/mol. The number of carbonyl (C=O) groups excluding carboxylic acids is 2. The van der Waals surface area contributed by atoms with Gasteiger partial charge in [0.25, 0.3) is 5.91 Å². The summed E-state index contributed by atoms with van der Waals surface area (Å²) >= 11 is 6.06. The van der Waals surface area contributed by atoms with Crippen LogP contribution in [0.25, 0.3) is 0 Å². The van der Waals surface area contributed by atoms with Gasteiger partial charge in [0.05, 0.1) is 5.56 Å². The van der Waals surface area contributed by atoms with Gasteiger partial charge >= 0.3 is 0 Å². The van der Waals surface area contributed by atoms with Crippen molar-refractivity contribution in [3.8, 4) is 0 Å². The van der Waals surface area contributed by atoms with Crippen LogP contribution in [0.4, 0.5) is 10.1 Å². The van der Waals surface area contributed by atoms with Crippen molar-refractivity contribution in [1.29, 1.82) is 0 Å². The third-order valence-electron chi connectivity index (χ3n) is 3.88. The van der Waals surface area contributed by atoms with Crippen LogP contribution < -0.4 is 10.6 Å². The molecule has 2 N–H and O–H groups in total. The van der Waals surface area contributed by atoms with Crippen LogP contribution >= 0.6 is 11.6 Å². The van der Waals surface area contributed by atoms with E-state index in [4.69, 9.17) is 11.6 Å². The van der Waals surface area contributed by atoms with Crippen LogP contribution in [0.3, 0.4) is 0 Å². The normalized spacial score (nSPS) is 11.9. The highest BCUT2D eigenvalue weighted by Crippen LogP contribution is 2.23. The fourth-order valence-electron chi connectivity index (χ4n) is 2.35. The molecule has 2 aromatic carbocycles. The molecule has 0 bridgehead atoms. The van der Waals surface area contributed by atoms with Crippen LogP contribution in [0.1, 0.15) is 29.8 Å². The Labute approximate surface area is 151 Å². The summed E-state index contributed by atoms with van der Waals surface area (Å²) < 4.78 is 13.8. The zero-order valence-electron chi connectivity index (χ0n) is 14.3. The molecule has 0 radical (unpaired) electrons. The Kier molecular flexibility index (Phi) is 6.15. The average molecular weight is 363 g/mol. The summed E-state index contributed by atoms with van der Waals surface area (Å²) in [6, 6.07) is 10.0. The van der Waals surface area contributed by atoms with E-state index in [0.717, 1.165) is 5.56 Å². The fraction of sp³-hybridized carbons (Fsp3) is 0.263. The van der Waals surface area contributed by atoms with Crippen molar-refractivity contribution >= 4 is 29.1 Å². The molecule has 1 atom stereocenters. The largest absolute Gasteiger partial charge is 0.340 e. The molecule has 0 aliphatic carbocycles. The number of carbonyl (C=O) groups is 2. The van der Waals surface area contributed by atoms with E-state index in [2.05, 4.69) is 10.6 Å². The molecule has 25 heavy (non-hydrogen) atoms. The average Bonchev–Trinajstić information content (AvgIpc) is 2.56. The smallest absolute Gasteiger partial charge is 0.254 e. The molecule has 0 saturated carbocycles. The second kappa shape index (κ2) is 8.12. The van der Waals surface area contributed by atoms with Crippen molar-refractivity contribution < 1.29 is 14.0 Å². The number of amides is 2. The number of rotatable bonds is 5. The number of hydrogen-bond donors (Lipinski definition) is 2. The standard InChI is InChI=1S/C19H20ClFN2O2/c1-11(2)17(23-18(24)13-7-4-5-9-15(13)21)19(25)22-16-10-6-8-14(20)12(16)3/h4-11,17H,1-3H3,(H,22,25)(H,23,24)/t17-/m0/s1. The second-order valence-corrected chi connectivity index (χ2v) is 6.48. The zero-order chi connectivity index (χ0) is 18.6. The van der Waals surface area contributed by atoms with E-state index >= 15 is 0 Å². The van der Waals surface area contributed by atoms with Gasteiger partial charge in [0.1, 0.15) is 11.9 Å². The molecule has 132 valence electrons. The maximum Gasteiger partial charge on any atom is 0.254 e. The summed E-state index contributed by atoms with van der Waals surface area (Å²) in [5.74, 6) is -1.83. The summed E-state index contributed by atoms with van der Waals surface area (Å²) in [4.78, 5) is 24.9. The van der Waals surface area contributed by atoms with Gasteiger partial charge in [-0.25, -0.2) is 4.39 Å². The molecular formula is C19H20ClFN2O2. The van der Waals surface area contributed by atoms with Gasteiger partial charge in [0, 0.05) is 10.7 Å². The Morgan fingerprint density at radius 2 is 1.76 bits per heavy atom. The molecule has 2 rings (SSSR count). The van der Waals surface area contributed by atoms with Crippen molar-refractivity contribution in [2.24, 2.45) is 5.92 Å². The molecule has 0 unspecified atom stereocenters. The van der Waals surface area contributed by atoms with Crippen LogP contribution in [-0.4, -0.2) is 17.9 Å². The van der Waals surface area contributed by atoms with Crippen LogP contribution in [0.5, 0.6) is 0 Å². The van der Waals surface area contributed by atoms with Gasteiger partial charge in [-0.15, -0.1) is 0 Å². The van der Waals surface area contributed by atoms with Crippen LogP contribution in [0, 0.1) is 18.7 Å². The van der Waals surface area contributed by atoms with Crippen molar-refractivity contribution in [3.05, 3.63) is 64.4 Å². The van der Waals surface area contributed by atoms with Crippen LogP contribution in [0.15, 0.2) is 42.5 Å². The predicted molar refractivity (Wildman–Crippen MR) is 97.3 cm³/mol. The predicted octanol–water partition coefficient (Wildman–Crippen LogP) is 4.18. The molecule has 0 heterocycles. The third kappa shape index (κ3) is 4.57. The zero-order valence-corrected chi connectivity index (χ0v) is 15.0. The number of benzene rings is 2. The summed E-state index contributed by atoms with van der Waals surface area (Å²) in [5, 5.41) is 5.91. The first-order chi connectivity index (χ1) is 11.8. The van der Waals surface area contributed by atoms with E-state index in [1.54, 1.807) is 45.0 Å². The highest BCUT2D eigenvalue weighted by Gasteiger charge is 2.26. The highest BCUT2D eigenvalue weighted by atomic mass is 35.5. The molecule has 6 heteroatoms. The van der Waals surface area contributed by atoms with Crippen molar-refractivity contribution in [2.75, 3.05) is 5.32 Å². The first kappa shape index (κ1) is 18.9. The molecule has 0 aromatic heterocycles. The Morgan fingerprint density at radius 1 is 1.08 bits per heavy atom. The highest BCUT2D eigenvalue weighted by molar-refractivity contribution is 6.31. The second-order valence-electron chi connectivity index (χ2n) is 6.08. The lowest BCUT2D eigenvalue weighted by Crippen LogP contribution is -2.47. The SMILES string of the molecule is Cc1c(Cl)cccc1NC(=O)[C@@H](NC(=O)c1ccccc1F)C(C)C. The van der Waals surface area contributed by atoms with Gasteiger partial charge < -0.3 is 10.6 Å². The third-order valence-corrected chi connectivity index (χ3v) is 4.29. The van der Waals surface area contributed by atoms with Gasteiger partial charge in [0.15, 0.2) is 0 Å².